The van der Waals surface area contributed by atoms with Crippen molar-refractivity contribution < 1.29 is 27.9 Å². The average Bonchev–Trinajstić information content (AvgIpc) is 3.40. The van der Waals surface area contributed by atoms with Gasteiger partial charge in [0, 0.05) is 36.1 Å². The molecule has 1 amide bonds. The van der Waals surface area contributed by atoms with Gasteiger partial charge >= 0.3 is 0 Å². The van der Waals surface area contributed by atoms with Crippen molar-refractivity contribution in [2.75, 3.05) is 13.7 Å². The van der Waals surface area contributed by atoms with Crippen LogP contribution in [-0.2, 0) is 22.6 Å². The summed E-state index contributed by atoms with van der Waals surface area (Å²) in [5.41, 5.74) is 1.37. The Morgan fingerprint density at radius 3 is 2.69 bits per heavy atom. The third kappa shape index (κ3) is 5.07. The largest absolute Gasteiger partial charge is 0.497 e. The molecule has 9 heteroatoms. The number of benzene rings is 2. The van der Waals surface area contributed by atoms with E-state index in [1.807, 2.05) is 0 Å². The molecule has 1 saturated heterocycles. The molecule has 4 rings (SSSR count). The highest BCUT2D eigenvalue weighted by atomic mass is 35.5. The molecule has 35 heavy (non-hydrogen) atoms. The van der Waals surface area contributed by atoms with E-state index in [9.17, 15) is 23.2 Å². The second-order valence-electron chi connectivity index (χ2n) is 8.68. The minimum atomic E-state index is -1.33. The van der Waals surface area contributed by atoms with E-state index in [1.54, 1.807) is 41.1 Å². The molecule has 1 aliphatic rings. The van der Waals surface area contributed by atoms with Crippen LogP contribution in [0.15, 0.2) is 42.6 Å². The van der Waals surface area contributed by atoms with Gasteiger partial charge < -0.3 is 14.2 Å². The number of aryl methyl sites for hydroxylation is 1. The Balaban J connectivity index is 1.53. The summed E-state index contributed by atoms with van der Waals surface area (Å²) in [7, 11) is 1.52. The molecular weight excluding hydrogens is 478 g/mol. The van der Waals surface area contributed by atoms with E-state index in [1.165, 1.54) is 25.0 Å². The standard InChI is InChI=1S/C26H25ClF2N2O4/c1-15(32)20-13-30(22-11-18(35-2)7-8-19(20)22)14-25(34)31-12-17(28)10-23(31)24(33)9-6-16-4-3-5-21(27)26(16)29/h3-5,7-8,11,13,17,23H,6,9-10,12,14H2,1-2H3/t17-,23+/m1/s1. The highest BCUT2D eigenvalue weighted by molar-refractivity contribution is 6.30. The molecule has 2 heterocycles. The van der Waals surface area contributed by atoms with Crippen molar-refractivity contribution in [3.05, 3.63) is 64.6 Å². The Morgan fingerprint density at radius 2 is 1.97 bits per heavy atom. The molecule has 0 N–H and O–H groups in total. The third-order valence-corrected chi connectivity index (χ3v) is 6.68. The molecule has 3 aromatic rings. The number of rotatable bonds is 8. The summed E-state index contributed by atoms with van der Waals surface area (Å²) in [6.45, 7) is 1.08. The minimum absolute atomic E-state index is 0.0306. The quantitative estimate of drug-likeness (QED) is 0.415. The molecule has 2 atom stereocenters. The number of ketones is 2. The second-order valence-corrected chi connectivity index (χ2v) is 9.09. The van der Waals surface area contributed by atoms with Crippen LogP contribution >= 0.6 is 11.6 Å². The lowest BCUT2D eigenvalue weighted by Gasteiger charge is -2.24. The van der Waals surface area contributed by atoms with Crippen LogP contribution in [0.25, 0.3) is 10.9 Å². The number of halogens is 3. The van der Waals surface area contributed by atoms with Gasteiger partial charge in [-0.25, -0.2) is 8.78 Å². The zero-order valence-electron chi connectivity index (χ0n) is 19.4. The van der Waals surface area contributed by atoms with Crippen molar-refractivity contribution in [1.82, 2.24) is 9.47 Å². The smallest absolute Gasteiger partial charge is 0.243 e. The van der Waals surface area contributed by atoms with E-state index >= 15 is 0 Å². The maximum Gasteiger partial charge on any atom is 0.243 e. The lowest BCUT2D eigenvalue weighted by atomic mass is 10.0. The Hall–Kier alpha value is -3.26. The summed E-state index contributed by atoms with van der Waals surface area (Å²) in [6.07, 6.45) is 0.222. The number of hydrogen-bond acceptors (Lipinski definition) is 4. The molecule has 0 radical (unpaired) electrons. The monoisotopic (exact) mass is 502 g/mol. The molecule has 1 fully saturated rings. The predicted octanol–water partition coefficient (Wildman–Crippen LogP) is 4.79. The zero-order chi connectivity index (χ0) is 25.3. The van der Waals surface area contributed by atoms with Crippen molar-refractivity contribution in [2.45, 2.75) is 44.9 Å². The summed E-state index contributed by atoms with van der Waals surface area (Å²) in [6, 6.07) is 8.84. The van der Waals surface area contributed by atoms with E-state index in [0.29, 0.717) is 27.8 Å². The average molecular weight is 503 g/mol. The van der Waals surface area contributed by atoms with Crippen LogP contribution in [-0.4, -0.2) is 52.8 Å². The molecule has 184 valence electrons. The van der Waals surface area contributed by atoms with Gasteiger partial charge in [0.1, 0.15) is 24.3 Å². The molecule has 0 aliphatic carbocycles. The first-order valence-corrected chi connectivity index (χ1v) is 11.6. The number of methoxy groups -OCH3 is 1. The summed E-state index contributed by atoms with van der Waals surface area (Å²) in [5.74, 6) is -0.946. The summed E-state index contributed by atoms with van der Waals surface area (Å²) in [5, 5.41) is 0.643. The van der Waals surface area contributed by atoms with E-state index in [4.69, 9.17) is 16.3 Å². The molecule has 1 aliphatic heterocycles. The normalized spacial score (nSPS) is 17.7. The Kier molecular flexibility index (Phi) is 7.21. The highest BCUT2D eigenvalue weighted by Gasteiger charge is 2.39. The molecule has 2 aromatic carbocycles. The number of nitrogens with zero attached hydrogens (tertiary/aromatic N) is 2. The number of ether oxygens (including phenoxy) is 1. The number of likely N-dealkylation sites (tertiary alicyclic amines) is 1. The molecule has 0 saturated carbocycles. The van der Waals surface area contributed by atoms with Gasteiger partial charge in [-0.1, -0.05) is 23.7 Å². The fraction of sp³-hybridized carbons (Fsp3) is 0.346. The fourth-order valence-corrected chi connectivity index (χ4v) is 4.77. The summed E-state index contributed by atoms with van der Waals surface area (Å²) < 4.78 is 35.4. The number of Topliss-reactive ketones (excluding diaryl/α,β-unsaturated/α-hetero) is 2. The van der Waals surface area contributed by atoms with Crippen LogP contribution in [0.4, 0.5) is 8.78 Å². The van der Waals surface area contributed by atoms with Crippen molar-refractivity contribution in [3.63, 3.8) is 0 Å². The number of carbonyl (C=O) groups is 3. The second kappa shape index (κ2) is 10.2. The molecule has 0 unspecified atom stereocenters. The maximum atomic E-state index is 14.3. The topological polar surface area (TPSA) is 68.6 Å². The minimum Gasteiger partial charge on any atom is -0.497 e. The number of carbonyl (C=O) groups excluding carboxylic acids is 3. The molecular formula is C26H25ClF2N2O4. The fourth-order valence-electron chi connectivity index (χ4n) is 4.58. The van der Waals surface area contributed by atoms with Crippen LogP contribution in [0.1, 0.15) is 35.7 Å². The van der Waals surface area contributed by atoms with Crippen LogP contribution in [0.3, 0.4) is 0 Å². The van der Waals surface area contributed by atoms with Crippen molar-refractivity contribution >= 4 is 40.0 Å². The molecule has 1 aromatic heterocycles. The van der Waals surface area contributed by atoms with Gasteiger partial charge in [-0.2, -0.15) is 0 Å². The van der Waals surface area contributed by atoms with E-state index < -0.39 is 23.9 Å². The highest BCUT2D eigenvalue weighted by Crippen LogP contribution is 2.28. The van der Waals surface area contributed by atoms with Crippen molar-refractivity contribution in [3.8, 4) is 5.75 Å². The van der Waals surface area contributed by atoms with E-state index in [-0.39, 0.29) is 48.9 Å². The summed E-state index contributed by atoms with van der Waals surface area (Å²) >= 11 is 5.81. The molecule has 0 bridgehead atoms. The van der Waals surface area contributed by atoms with Gasteiger partial charge in [-0.05, 0) is 37.1 Å². The lowest BCUT2D eigenvalue weighted by Crippen LogP contribution is -2.42. The SMILES string of the molecule is COc1ccc2c(C(C)=O)cn(CC(=O)N3C[C@H](F)C[C@H]3C(=O)CCc3cccc(Cl)c3F)c2c1. The number of fused-ring (bicyclic) bond motifs is 1. The number of aromatic nitrogens is 1. The Labute approximate surface area is 206 Å². The molecule has 6 nitrogen and oxygen atoms in total. The van der Waals surface area contributed by atoms with Gasteiger partial charge in [0.15, 0.2) is 11.6 Å². The van der Waals surface area contributed by atoms with Gasteiger partial charge in [0.25, 0.3) is 0 Å². The number of amides is 1. The maximum absolute atomic E-state index is 14.3. The van der Waals surface area contributed by atoms with E-state index in [2.05, 4.69) is 0 Å². The van der Waals surface area contributed by atoms with Crippen LogP contribution in [0, 0.1) is 5.82 Å². The first kappa shape index (κ1) is 24.9. The number of alkyl halides is 1. The first-order valence-electron chi connectivity index (χ1n) is 11.3. The van der Waals surface area contributed by atoms with Crippen LogP contribution < -0.4 is 4.74 Å². The van der Waals surface area contributed by atoms with Gasteiger partial charge in [0.2, 0.25) is 5.91 Å². The van der Waals surface area contributed by atoms with Crippen molar-refractivity contribution in [2.24, 2.45) is 0 Å². The van der Waals surface area contributed by atoms with Crippen molar-refractivity contribution in [1.29, 1.82) is 0 Å². The van der Waals surface area contributed by atoms with Crippen LogP contribution in [0.5, 0.6) is 5.75 Å². The Morgan fingerprint density at radius 1 is 1.20 bits per heavy atom. The Bertz CT molecular complexity index is 1310. The van der Waals surface area contributed by atoms with Gasteiger partial charge in [-0.15, -0.1) is 0 Å². The lowest BCUT2D eigenvalue weighted by molar-refractivity contribution is -0.138. The third-order valence-electron chi connectivity index (χ3n) is 6.39. The van der Waals surface area contributed by atoms with Gasteiger partial charge in [0.05, 0.1) is 30.2 Å². The summed E-state index contributed by atoms with van der Waals surface area (Å²) in [4.78, 5) is 39.5. The molecule has 0 spiro atoms. The first-order chi connectivity index (χ1) is 16.7. The van der Waals surface area contributed by atoms with Crippen LogP contribution in [0.2, 0.25) is 5.02 Å². The van der Waals surface area contributed by atoms with Gasteiger partial charge in [-0.3, -0.25) is 14.4 Å². The number of hydrogen-bond donors (Lipinski definition) is 0. The van der Waals surface area contributed by atoms with E-state index in [0.717, 1.165) is 0 Å². The zero-order valence-corrected chi connectivity index (χ0v) is 20.1. The predicted molar refractivity (Wildman–Crippen MR) is 128 cm³/mol.